The number of aromatic nitrogens is 2. The fourth-order valence-electron chi connectivity index (χ4n) is 2.10. The van der Waals surface area contributed by atoms with Crippen molar-refractivity contribution in [2.24, 2.45) is 0 Å². The maximum absolute atomic E-state index is 12.7. The number of hydrogen-bond acceptors (Lipinski definition) is 6. The zero-order valence-corrected chi connectivity index (χ0v) is 10.8. The molecule has 1 aliphatic heterocycles. The van der Waals surface area contributed by atoms with Crippen LogP contribution in [0.25, 0.3) is 0 Å². The van der Waals surface area contributed by atoms with Gasteiger partial charge in [-0.15, -0.1) is 0 Å². The molecule has 0 saturated carbocycles. The number of nitrogens with zero attached hydrogens (tertiary/aromatic N) is 4. The van der Waals surface area contributed by atoms with Crippen LogP contribution >= 0.6 is 0 Å². The Morgan fingerprint density at radius 3 is 2.40 bits per heavy atom. The number of nitrogen functional groups attached to an aromatic ring is 1. The number of aliphatic hydroxyl groups excluding tert-OH is 1. The highest BCUT2D eigenvalue weighted by Crippen LogP contribution is 2.30. The second kappa shape index (κ2) is 5.80. The molecule has 112 valence electrons. The number of piperazine rings is 1. The van der Waals surface area contributed by atoms with Gasteiger partial charge in [-0.1, -0.05) is 0 Å². The van der Waals surface area contributed by atoms with E-state index in [1.54, 1.807) is 4.90 Å². The van der Waals surface area contributed by atoms with Gasteiger partial charge in [0.1, 0.15) is 5.82 Å². The molecule has 20 heavy (non-hydrogen) atoms. The van der Waals surface area contributed by atoms with Crippen LogP contribution in [0, 0.1) is 0 Å². The molecule has 1 aliphatic rings. The second-order valence-corrected chi connectivity index (χ2v) is 4.52. The van der Waals surface area contributed by atoms with E-state index >= 15 is 0 Å². The molecule has 0 spiro atoms. The van der Waals surface area contributed by atoms with Crippen LogP contribution in [0.1, 0.15) is 5.69 Å². The maximum atomic E-state index is 12.7. The quantitative estimate of drug-likeness (QED) is 0.828. The molecule has 6 nitrogen and oxygen atoms in total. The van der Waals surface area contributed by atoms with Crippen LogP contribution in [0.5, 0.6) is 0 Å². The summed E-state index contributed by atoms with van der Waals surface area (Å²) in [6.07, 6.45) is -4.54. The Hall–Kier alpha value is -1.61. The van der Waals surface area contributed by atoms with Crippen molar-refractivity contribution in [2.45, 2.75) is 6.18 Å². The highest BCUT2D eigenvalue weighted by Gasteiger charge is 2.34. The van der Waals surface area contributed by atoms with Crippen LogP contribution in [0.3, 0.4) is 0 Å². The molecule has 1 aromatic rings. The molecule has 1 saturated heterocycles. The van der Waals surface area contributed by atoms with Crippen molar-refractivity contribution in [1.82, 2.24) is 14.9 Å². The molecule has 0 aliphatic carbocycles. The van der Waals surface area contributed by atoms with Gasteiger partial charge in [-0.05, 0) is 0 Å². The Balaban J connectivity index is 2.12. The second-order valence-electron chi connectivity index (χ2n) is 4.52. The molecule has 1 fully saturated rings. The topological polar surface area (TPSA) is 78.5 Å². The lowest BCUT2D eigenvalue weighted by Gasteiger charge is -2.35. The molecular formula is C11H16F3N5O. The van der Waals surface area contributed by atoms with Gasteiger partial charge in [-0.2, -0.15) is 18.2 Å². The van der Waals surface area contributed by atoms with E-state index in [9.17, 15) is 13.2 Å². The molecule has 0 bridgehead atoms. The lowest BCUT2D eigenvalue weighted by atomic mass is 10.3. The van der Waals surface area contributed by atoms with Crippen molar-refractivity contribution in [2.75, 3.05) is 50.0 Å². The van der Waals surface area contributed by atoms with E-state index in [0.717, 1.165) is 6.07 Å². The normalized spacial score (nSPS) is 17.5. The number of aliphatic hydroxyl groups is 1. The monoisotopic (exact) mass is 291 g/mol. The highest BCUT2D eigenvalue weighted by molar-refractivity contribution is 5.44. The van der Waals surface area contributed by atoms with Crippen LogP contribution in [-0.2, 0) is 6.18 Å². The van der Waals surface area contributed by atoms with Crippen LogP contribution in [0.4, 0.5) is 24.9 Å². The minimum Gasteiger partial charge on any atom is -0.395 e. The van der Waals surface area contributed by atoms with E-state index in [1.165, 1.54) is 0 Å². The Morgan fingerprint density at radius 2 is 1.85 bits per heavy atom. The van der Waals surface area contributed by atoms with Crippen LogP contribution in [0.2, 0.25) is 0 Å². The van der Waals surface area contributed by atoms with Gasteiger partial charge in [0, 0.05) is 38.8 Å². The van der Waals surface area contributed by atoms with E-state index in [4.69, 9.17) is 10.8 Å². The Bertz CT molecular complexity index is 460. The van der Waals surface area contributed by atoms with Gasteiger partial charge >= 0.3 is 6.18 Å². The maximum Gasteiger partial charge on any atom is 0.433 e. The first-order valence-corrected chi connectivity index (χ1v) is 6.20. The van der Waals surface area contributed by atoms with E-state index < -0.39 is 11.9 Å². The van der Waals surface area contributed by atoms with Gasteiger partial charge in [0.2, 0.25) is 5.95 Å². The molecule has 0 atom stereocenters. The summed E-state index contributed by atoms with van der Waals surface area (Å²) in [5.41, 5.74) is 4.32. The molecule has 1 aromatic heterocycles. The molecule has 2 rings (SSSR count). The standard InChI is InChI=1S/C11H16F3N5O/c12-11(13,14)8-7-9(17-10(15)16-8)19-3-1-18(2-4-19)5-6-20/h7,20H,1-6H2,(H2,15,16,17). The number of β-amino-alcohol motifs (C(OH)–C–C–N with tert-alkyl or cyclic N) is 1. The summed E-state index contributed by atoms with van der Waals surface area (Å²) in [5.74, 6) is -0.193. The van der Waals surface area contributed by atoms with Gasteiger partial charge in [-0.3, -0.25) is 4.90 Å². The van der Waals surface area contributed by atoms with E-state index in [-0.39, 0.29) is 18.4 Å². The van der Waals surface area contributed by atoms with Crippen molar-refractivity contribution < 1.29 is 18.3 Å². The zero-order valence-electron chi connectivity index (χ0n) is 10.8. The number of hydrogen-bond donors (Lipinski definition) is 2. The first-order valence-electron chi connectivity index (χ1n) is 6.20. The highest BCUT2D eigenvalue weighted by atomic mass is 19.4. The van der Waals surface area contributed by atoms with Crippen LogP contribution in [0.15, 0.2) is 6.07 Å². The number of rotatable bonds is 3. The van der Waals surface area contributed by atoms with Crippen LogP contribution < -0.4 is 10.6 Å². The lowest BCUT2D eigenvalue weighted by molar-refractivity contribution is -0.141. The van der Waals surface area contributed by atoms with Gasteiger partial charge in [-0.25, -0.2) is 4.98 Å². The van der Waals surface area contributed by atoms with Crippen molar-refractivity contribution in [3.05, 3.63) is 11.8 Å². The number of alkyl halides is 3. The van der Waals surface area contributed by atoms with Crippen molar-refractivity contribution in [3.63, 3.8) is 0 Å². The molecule has 0 aromatic carbocycles. The first kappa shape index (κ1) is 14.8. The number of nitrogens with two attached hydrogens (primary N) is 1. The minimum absolute atomic E-state index is 0.0681. The average molecular weight is 291 g/mol. The number of halogens is 3. The summed E-state index contributed by atoms with van der Waals surface area (Å²) < 4.78 is 38.0. The van der Waals surface area contributed by atoms with Crippen molar-refractivity contribution in [1.29, 1.82) is 0 Å². The Morgan fingerprint density at radius 1 is 1.20 bits per heavy atom. The predicted molar refractivity (Wildman–Crippen MR) is 67.2 cm³/mol. The molecule has 9 heteroatoms. The molecule has 0 radical (unpaired) electrons. The molecule has 0 unspecified atom stereocenters. The van der Waals surface area contributed by atoms with E-state index in [2.05, 4.69) is 9.97 Å². The van der Waals surface area contributed by atoms with E-state index in [0.29, 0.717) is 32.7 Å². The van der Waals surface area contributed by atoms with Crippen molar-refractivity contribution in [3.8, 4) is 0 Å². The first-order chi connectivity index (χ1) is 9.40. The average Bonchev–Trinajstić information content (AvgIpc) is 2.38. The molecular weight excluding hydrogens is 275 g/mol. The lowest BCUT2D eigenvalue weighted by Crippen LogP contribution is -2.47. The molecule has 0 amide bonds. The number of anilines is 2. The minimum atomic E-state index is -4.54. The van der Waals surface area contributed by atoms with Gasteiger partial charge in [0.15, 0.2) is 5.69 Å². The fourth-order valence-corrected chi connectivity index (χ4v) is 2.10. The summed E-state index contributed by atoms with van der Waals surface area (Å²) in [5, 5.41) is 8.85. The van der Waals surface area contributed by atoms with Gasteiger partial charge < -0.3 is 15.7 Å². The summed E-state index contributed by atoms with van der Waals surface area (Å²) in [6.45, 7) is 3.02. The summed E-state index contributed by atoms with van der Waals surface area (Å²) >= 11 is 0. The SMILES string of the molecule is Nc1nc(N2CCN(CCO)CC2)cc(C(F)(F)F)n1. The third kappa shape index (κ3) is 3.48. The summed E-state index contributed by atoms with van der Waals surface area (Å²) in [4.78, 5) is 10.9. The predicted octanol–water partition coefficient (Wildman–Crippen LogP) is 0.192. The van der Waals surface area contributed by atoms with Crippen LogP contribution in [-0.4, -0.2) is 59.3 Å². The summed E-state index contributed by atoms with van der Waals surface area (Å²) in [7, 11) is 0. The smallest absolute Gasteiger partial charge is 0.395 e. The fraction of sp³-hybridized carbons (Fsp3) is 0.636. The Labute approximate surface area is 114 Å². The van der Waals surface area contributed by atoms with Crippen molar-refractivity contribution >= 4 is 11.8 Å². The zero-order chi connectivity index (χ0) is 14.8. The van der Waals surface area contributed by atoms with Gasteiger partial charge in [0.25, 0.3) is 0 Å². The molecule has 3 N–H and O–H groups in total. The summed E-state index contributed by atoms with van der Waals surface area (Å²) in [6, 6.07) is 0.915. The third-order valence-electron chi connectivity index (χ3n) is 3.13. The van der Waals surface area contributed by atoms with Gasteiger partial charge in [0.05, 0.1) is 6.61 Å². The molecule has 2 heterocycles. The van der Waals surface area contributed by atoms with E-state index in [1.807, 2.05) is 4.90 Å². The third-order valence-corrected chi connectivity index (χ3v) is 3.13. The Kier molecular flexibility index (Phi) is 4.29. The largest absolute Gasteiger partial charge is 0.433 e.